The summed E-state index contributed by atoms with van der Waals surface area (Å²) in [4.78, 5) is 0. The highest BCUT2D eigenvalue weighted by Gasteiger charge is 2.15. The maximum Gasteiger partial charge on any atom is 0.127 e. The second-order valence-electron chi connectivity index (χ2n) is 6.79. The van der Waals surface area contributed by atoms with E-state index in [9.17, 15) is 5.11 Å². The molecule has 0 spiro atoms. The molecule has 4 aromatic rings. The lowest BCUT2D eigenvalue weighted by atomic mass is 9.90. The van der Waals surface area contributed by atoms with E-state index in [0.717, 1.165) is 29.5 Å². The first kappa shape index (κ1) is 17.1. The zero-order chi connectivity index (χ0) is 18.5. The Hall–Kier alpha value is -3.32. The van der Waals surface area contributed by atoms with Crippen molar-refractivity contribution in [3.63, 3.8) is 0 Å². The van der Waals surface area contributed by atoms with Crippen LogP contribution in [0.1, 0.15) is 22.3 Å². The molecule has 0 amide bonds. The maximum atomic E-state index is 11.2. The molecule has 0 aliphatic carbocycles. The second kappa shape index (κ2) is 7.92. The van der Waals surface area contributed by atoms with Gasteiger partial charge in [0.25, 0.3) is 0 Å². The third-order valence-electron chi connectivity index (χ3n) is 4.93. The molecule has 0 saturated carbocycles. The molecule has 1 nitrogen and oxygen atoms in total. The van der Waals surface area contributed by atoms with Crippen molar-refractivity contribution in [1.82, 2.24) is 0 Å². The summed E-state index contributed by atoms with van der Waals surface area (Å²) in [5.74, 6) is 0.387. The fraction of sp³-hybridized carbons (Fsp3) is 0.0769. The van der Waals surface area contributed by atoms with E-state index < -0.39 is 0 Å². The minimum atomic E-state index is 0.387. The van der Waals surface area contributed by atoms with Crippen LogP contribution < -0.4 is 0 Å². The summed E-state index contributed by atoms with van der Waals surface area (Å²) in [5.41, 5.74) is 6.55. The lowest BCUT2D eigenvalue weighted by Gasteiger charge is -2.16. The van der Waals surface area contributed by atoms with Crippen LogP contribution in [0.15, 0.2) is 103 Å². The molecule has 0 atom stereocenters. The van der Waals surface area contributed by atoms with E-state index in [4.69, 9.17) is 0 Å². The highest BCUT2D eigenvalue weighted by Crippen LogP contribution is 2.36. The van der Waals surface area contributed by atoms with E-state index in [1.807, 2.05) is 60.7 Å². The fourth-order valence-electron chi connectivity index (χ4n) is 3.51. The van der Waals surface area contributed by atoms with Crippen LogP contribution in [-0.2, 0) is 12.8 Å². The van der Waals surface area contributed by atoms with Gasteiger partial charge in [0.1, 0.15) is 5.75 Å². The second-order valence-corrected chi connectivity index (χ2v) is 6.79. The molecule has 0 bridgehead atoms. The van der Waals surface area contributed by atoms with Gasteiger partial charge in [0.2, 0.25) is 0 Å². The van der Waals surface area contributed by atoms with Gasteiger partial charge >= 0.3 is 0 Å². The van der Waals surface area contributed by atoms with Crippen molar-refractivity contribution in [2.45, 2.75) is 12.8 Å². The van der Waals surface area contributed by atoms with Crippen LogP contribution in [0.3, 0.4) is 0 Å². The van der Waals surface area contributed by atoms with E-state index in [1.165, 1.54) is 16.7 Å². The normalized spacial score (nSPS) is 10.7. The van der Waals surface area contributed by atoms with Crippen LogP contribution in [0.25, 0.3) is 11.1 Å². The molecule has 1 N–H and O–H groups in total. The molecule has 4 rings (SSSR count). The standard InChI is InChI=1S/C26H22O/c27-26-24(22-14-8-3-9-15-22)17-16-23(18-20-10-4-1-5-11-20)25(26)19-21-12-6-2-7-13-21/h1-17,27H,18-19H2. The van der Waals surface area contributed by atoms with E-state index in [1.54, 1.807) is 0 Å². The van der Waals surface area contributed by atoms with Gasteiger partial charge in [0.05, 0.1) is 0 Å². The first-order valence-corrected chi connectivity index (χ1v) is 9.28. The monoisotopic (exact) mass is 350 g/mol. The zero-order valence-corrected chi connectivity index (χ0v) is 15.2. The van der Waals surface area contributed by atoms with Gasteiger partial charge in [0, 0.05) is 17.5 Å². The summed E-state index contributed by atoms with van der Waals surface area (Å²) in [7, 11) is 0. The molecule has 0 unspecified atom stereocenters. The van der Waals surface area contributed by atoms with Crippen LogP contribution in [0.5, 0.6) is 5.75 Å². The van der Waals surface area contributed by atoms with Crippen molar-refractivity contribution in [1.29, 1.82) is 0 Å². The SMILES string of the molecule is Oc1c(-c2ccccc2)ccc(Cc2ccccc2)c1Cc1ccccc1. The van der Waals surface area contributed by atoms with E-state index >= 15 is 0 Å². The van der Waals surface area contributed by atoms with Crippen LogP contribution in [0.4, 0.5) is 0 Å². The number of aromatic hydroxyl groups is 1. The number of benzene rings is 4. The molecule has 27 heavy (non-hydrogen) atoms. The molecule has 0 aliphatic heterocycles. The largest absolute Gasteiger partial charge is 0.507 e. The fourth-order valence-corrected chi connectivity index (χ4v) is 3.51. The average Bonchev–Trinajstić information content (AvgIpc) is 2.73. The minimum Gasteiger partial charge on any atom is -0.507 e. The molecule has 0 saturated heterocycles. The van der Waals surface area contributed by atoms with Crippen molar-refractivity contribution in [2.75, 3.05) is 0 Å². The Morgan fingerprint density at radius 2 is 1.04 bits per heavy atom. The Labute approximate surface area is 160 Å². The summed E-state index contributed by atoms with van der Waals surface area (Å²) < 4.78 is 0. The third kappa shape index (κ3) is 3.93. The molecule has 132 valence electrons. The van der Waals surface area contributed by atoms with E-state index in [2.05, 4.69) is 42.5 Å². The maximum absolute atomic E-state index is 11.2. The van der Waals surface area contributed by atoms with E-state index in [0.29, 0.717) is 5.75 Å². The van der Waals surface area contributed by atoms with Gasteiger partial charge in [-0.05, 0) is 28.7 Å². The first-order valence-electron chi connectivity index (χ1n) is 9.28. The van der Waals surface area contributed by atoms with Crippen LogP contribution in [0, 0.1) is 0 Å². The molecule has 0 aromatic heterocycles. The lowest BCUT2D eigenvalue weighted by Crippen LogP contribution is -1.99. The molecular formula is C26H22O. The van der Waals surface area contributed by atoms with Crippen LogP contribution in [0.2, 0.25) is 0 Å². The summed E-state index contributed by atoms with van der Waals surface area (Å²) in [5, 5.41) is 11.2. The van der Waals surface area contributed by atoms with Gasteiger partial charge in [-0.2, -0.15) is 0 Å². The van der Waals surface area contributed by atoms with Crippen molar-refractivity contribution in [2.24, 2.45) is 0 Å². The predicted octanol–water partition coefficient (Wildman–Crippen LogP) is 6.24. The molecule has 0 aliphatic rings. The van der Waals surface area contributed by atoms with Gasteiger partial charge < -0.3 is 5.11 Å². The Morgan fingerprint density at radius 1 is 0.519 bits per heavy atom. The number of hydrogen-bond acceptors (Lipinski definition) is 1. The quantitative estimate of drug-likeness (QED) is 0.451. The topological polar surface area (TPSA) is 20.2 Å². The highest BCUT2D eigenvalue weighted by atomic mass is 16.3. The molecule has 0 heterocycles. The van der Waals surface area contributed by atoms with Crippen molar-refractivity contribution in [3.8, 4) is 16.9 Å². The number of phenolic OH excluding ortho intramolecular Hbond substituents is 1. The zero-order valence-electron chi connectivity index (χ0n) is 15.2. The van der Waals surface area contributed by atoms with Crippen molar-refractivity contribution in [3.05, 3.63) is 125 Å². The summed E-state index contributed by atoms with van der Waals surface area (Å²) in [6, 6.07) is 35.0. The number of hydrogen-bond donors (Lipinski definition) is 1. The van der Waals surface area contributed by atoms with Crippen molar-refractivity contribution >= 4 is 0 Å². The smallest absolute Gasteiger partial charge is 0.127 e. The summed E-state index contributed by atoms with van der Waals surface area (Å²) in [6.07, 6.45) is 1.53. The summed E-state index contributed by atoms with van der Waals surface area (Å²) >= 11 is 0. The van der Waals surface area contributed by atoms with Gasteiger partial charge in [0.15, 0.2) is 0 Å². The number of phenols is 1. The molecule has 0 fully saturated rings. The predicted molar refractivity (Wildman–Crippen MR) is 112 cm³/mol. The van der Waals surface area contributed by atoms with E-state index in [-0.39, 0.29) is 0 Å². The van der Waals surface area contributed by atoms with Crippen LogP contribution in [-0.4, -0.2) is 5.11 Å². The molecular weight excluding hydrogens is 328 g/mol. The average molecular weight is 350 g/mol. The molecule has 0 radical (unpaired) electrons. The van der Waals surface area contributed by atoms with Gasteiger partial charge in [-0.25, -0.2) is 0 Å². The third-order valence-corrected chi connectivity index (χ3v) is 4.93. The van der Waals surface area contributed by atoms with Crippen LogP contribution >= 0.6 is 0 Å². The summed E-state index contributed by atoms with van der Waals surface area (Å²) in [6.45, 7) is 0. The first-order chi connectivity index (χ1) is 13.3. The Balaban J connectivity index is 1.79. The Bertz CT molecular complexity index is 1010. The Kier molecular flexibility index (Phi) is 5.02. The number of rotatable bonds is 5. The van der Waals surface area contributed by atoms with Gasteiger partial charge in [-0.15, -0.1) is 0 Å². The molecule has 4 aromatic carbocycles. The minimum absolute atomic E-state index is 0.387. The Morgan fingerprint density at radius 3 is 1.63 bits per heavy atom. The molecule has 1 heteroatoms. The lowest BCUT2D eigenvalue weighted by molar-refractivity contribution is 0.470. The van der Waals surface area contributed by atoms with Gasteiger partial charge in [-0.1, -0.05) is 103 Å². The highest BCUT2D eigenvalue weighted by molar-refractivity contribution is 5.73. The van der Waals surface area contributed by atoms with Crippen molar-refractivity contribution < 1.29 is 5.11 Å². The van der Waals surface area contributed by atoms with Gasteiger partial charge in [-0.3, -0.25) is 0 Å².